The first kappa shape index (κ1) is 18.7. The maximum Gasteiger partial charge on any atom is 0.229 e. The highest BCUT2D eigenvalue weighted by Gasteiger charge is 2.58. The molecule has 1 saturated heterocycles. The summed E-state index contributed by atoms with van der Waals surface area (Å²) in [7, 11) is 1.69. The molecule has 1 saturated carbocycles. The molecule has 0 bridgehead atoms. The lowest BCUT2D eigenvalue weighted by atomic mass is 9.93. The van der Waals surface area contributed by atoms with Crippen molar-refractivity contribution >= 4 is 34.1 Å². The fraction of sp³-hybridized carbons (Fsp3) is 0.524. The van der Waals surface area contributed by atoms with Crippen LogP contribution in [0.15, 0.2) is 24.4 Å². The van der Waals surface area contributed by atoms with Crippen molar-refractivity contribution in [3.63, 3.8) is 0 Å². The van der Waals surface area contributed by atoms with E-state index in [0.717, 1.165) is 48.8 Å². The van der Waals surface area contributed by atoms with Crippen LogP contribution in [0.4, 0.5) is 5.82 Å². The zero-order valence-electron chi connectivity index (χ0n) is 15.8. The summed E-state index contributed by atoms with van der Waals surface area (Å²) < 4.78 is 10.7. The number of nitrogens with zero attached hydrogens (tertiary/aromatic N) is 1. The van der Waals surface area contributed by atoms with E-state index in [1.54, 1.807) is 13.3 Å². The quantitative estimate of drug-likeness (QED) is 0.825. The number of amides is 1. The number of fused-ring (bicyclic) bond motifs is 1. The van der Waals surface area contributed by atoms with Gasteiger partial charge in [-0.05, 0) is 53.8 Å². The normalized spacial score (nSPS) is 22.0. The number of benzene rings is 1. The van der Waals surface area contributed by atoms with Crippen LogP contribution in [0.3, 0.4) is 0 Å². The van der Waals surface area contributed by atoms with E-state index in [0.29, 0.717) is 17.4 Å². The topological polar surface area (TPSA) is 60.5 Å². The predicted molar refractivity (Wildman–Crippen MR) is 106 cm³/mol. The molecular weight excluding hydrogens is 364 g/mol. The van der Waals surface area contributed by atoms with Gasteiger partial charge in [0.05, 0.1) is 6.61 Å². The first-order valence-electron chi connectivity index (χ1n) is 9.49. The average Bonchev–Trinajstić information content (AvgIpc) is 3.35. The Hall–Kier alpha value is -1.69. The average molecular weight is 389 g/mol. The molecule has 27 heavy (non-hydrogen) atoms. The lowest BCUT2D eigenvalue weighted by Gasteiger charge is -2.22. The number of anilines is 1. The van der Waals surface area contributed by atoms with Crippen molar-refractivity contribution in [2.45, 2.75) is 32.1 Å². The zero-order valence-corrected chi connectivity index (χ0v) is 16.5. The number of aromatic nitrogens is 1. The Kier molecular flexibility index (Phi) is 5.10. The van der Waals surface area contributed by atoms with Crippen molar-refractivity contribution in [1.82, 2.24) is 4.98 Å². The number of carbonyl (C=O) groups is 1. The SMILES string of the molecule is COC[C@H](C)c1cc2cc(NC(=O)[C@H]3CC34CCOCC4)ncc2cc1Cl. The third-order valence-electron chi connectivity index (χ3n) is 6.03. The number of pyridine rings is 1. The Bertz CT molecular complexity index is 864. The van der Waals surface area contributed by atoms with Gasteiger partial charge in [-0.2, -0.15) is 0 Å². The molecule has 5 nitrogen and oxygen atoms in total. The predicted octanol–water partition coefficient (Wildman–Crippen LogP) is 4.39. The second-order valence-corrected chi connectivity index (χ2v) is 8.27. The highest BCUT2D eigenvalue weighted by Crippen LogP contribution is 2.59. The minimum Gasteiger partial charge on any atom is -0.384 e. The molecule has 2 fully saturated rings. The summed E-state index contributed by atoms with van der Waals surface area (Å²) in [5.41, 5.74) is 1.20. The van der Waals surface area contributed by atoms with E-state index >= 15 is 0 Å². The van der Waals surface area contributed by atoms with Gasteiger partial charge >= 0.3 is 0 Å². The number of carbonyl (C=O) groups excluding carboxylic acids is 1. The third kappa shape index (κ3) is 3.68. The standard InChI is InChI=1S/C21H25ClN2O3/c1-13(12-26-2)16-7-14-9-19(23-11-15(14)8-18(16)22)24-20(25)17-10-21(17)3-5-27-6-4-21/h7-9,11,13,17H,3-6,10,12H2,1-2H3,(H,23,24,25)/t13-,17+/m0/s1. The molecule has 1 N–H and O–H groups in total. The summed E-state index contributed by atoms with van der Waals surface area (Å²) in [4.78, 5) is 17.1. The Morgan fingerprint density at radius 1 is 1.37 bits per heavy atom. The monoisotopic (exact) mass is 388 g/mol. The van der Waals surface area contributed by atoms with Gasteiger partial charge in [-0.15, -0.1) is 0 Å². The lowest BCUT2D eigenvalue weighted by molar-refractivity contribution is -0.118. The number of rotatable bonds is 5. The third-order valence-corrected chi connectivity index (χ3v) is 6.36. The molecule has 2 aromatic rings. The smallest absolute Gasteiger partial charge is 0.229 e. The van der Waals surface area contributed by atoms with E-state index in [1.807, 2.05) is 12.1 Å². The summed E-state index contributed by atoms with van der Waals surface area (Å²) >= 11 is 6.43. The Morgan fingerprint density at radius 3 is 2.89 bits per heavy atom. The summed E-state index contributed by atoms with van der Waals surface area (Å²) in [6, 6.07) is 5.91. The van der Waals surface area contributed by atoms with E-state index in [9.17, 15) is 4.79 Å². The molecule has 1 amide bonds. The Labute approximate surface area is 164 Å². The van der Waals surface area contributed by atoms with Gasteiger partial charge in [0.1, 0.15) is 5.82 Å². The van der Waals surface area contributed by atoms with Crippen molar-refractivity contribution in [3.05, 3.63) is 35.0 Å². The highest BCUT2D eigenvalue weighted by atomic mass is 35.5. The molecule has 0 unspecified atom stereocenters. The second kappa shape index (κ2) is 7.38. The van der Waals surface area contributed by atoms with E-state index < -0.39 is 0 Å². The van der Waals surface area contributed by atoms with Crippen LogP contribution in [0.1, 0.15) is 37.7 Å². The molecule has 1 aliphatic heterocycles. The maximum absolute atomic E-state index is 12.7. The first-order chi connectivity index (χ1) is 13.0. The number of hydrogen-bond donors (Lipinski definition) is 1. The molecule has 0 radical (unpaired) electrons. The van der Waals surface area contributed by atoms with Gasteiger partial charge in [-0.1, -0.05) is 18.5 Å². The maximum atomic E-state index is 12.7. The van der Waals surface area contributed by atoms with Gasteiger partial charge < -0.3 is 14.8 Å². The minimum atomic E-state index is 0.0747. The fourth-order valence-electron chi connectivity index (χ4n) is 4.23. The molecule has 1 aromatic carbocycles. The van der Waals surface area contributed by atoms with Crippen molar-refractivity contribution in [3.8, 4) is 0 Å². The lowest BCUT2D eigenvalue weighted by Crippen LogP contribution is -2.24. The molecule has 6 heteroatoms. The van der Waals surface area contributed by atoms with Crippen LogP contribution in [0.2, 0.25) is 5.02 Å². The molecule has 1 aromatic heterocycles. The van der Waals surface area contributed by atoms with Gasteiger partial charge in [0.15, 0.2) is 0 Å². The summed E-state index contributed by atoms with van der Waals surface area (Å²) in [5.74, 6) is 0.944. The van der Waals surface area contributed by atoms with Gasteiger partial charge in [0.25, 0.3) is 0 Å². The van der Waals surface area contributed by atoms with Crippen molar-refractivity contribution in [2.75, 3.05) is 32.2 Å². The molecule has 2 atom stereocenters. The van der Waals surface area contributed by atoms with Gasteiger partial charge in [-0.25, -0.2) is 4.98 Å². The van der Waals surface area contributed by atoms with Crippen LogP contribution in [-0.4, -0.2) is 37.8 Å². The van der Waals surface area contributed by atoms with Gasteiger partial charge in [0.2, 0.25) is 5.91 Å². The van der Waals surface area contributed by atoms with E-state index in [-0.39, 0.29) is 23.2 Å². The van der Waals surface area contributed by atoms with Crippen molar-refractivity contribution < 1.29 is 14.3 Å². The molecule has 1 spiro atoms. The molecule has 1 aliphatic carbocycles. The van der Waals surface area contributed by atoms with E-state index in [4.69, 9.17) is 21.1 Å². The number of nitrogens with one attached hydrogen (secondary N) is 1. The largest absolute Gasteiger partial charge is 0.384 e. The van der Waals surface area contributed by atoms with Crippen molar-refractivity contribution in [1.29, 1.82) is 0 Å². The van der Waals surface area contributed by atoms with Gasteiger partial charge in [-0.3, -0.25) is 4.79 Å². The Morgan fingerprint density at radius 2 is 2.15 bits per heavy atom. The van der Waals surface area contributed by atoms with Crippen LogP contribution >= 0.6 is 11.6 Å². The van der Waals surface area contributed by atoms with Crippen LogP contribution in [0, 0.1) is 11.3 Å². The summed E-state index contributed by atoms with van der Waals surface area (Å²) in [6.45, 7) is 4.22. The van der Waals surface area contributed by atoms with Crippen molar-refractivity contribution in [2.24, 2.45) is 11.3 Å². The minimum absolute atomic E-state index is 0.0747. The molecule has 2 aliphatic rings. The van der Waals surface area contributed by atoms with Gasteiger partial charge in [0, 0.05) is 48.8 Å². The second-order valence-electron chi connectivity index (χ2n) is 7.87. The molecule has 144 valence electrons. The highest BCUT2D eigenvalue weighted by molar-refractivity contribution is 6.32. The molecular formula is C21H25ClN2O3. The summed E-state index contributed by atoms with van der Waals surface area (Å²) in [6.07, 6.45) is 4.69. The summed E-state index contributed by atoms with van der Waals surface area (Å²) in [5, 5.41) is 5.69. The molecule has 4 rings (SSSR count). The van der Waals surface area contributed by atoms with E-state index in [1.165, 1.54) is 0 Å². The van der Waals surface area contributed by atoms with Crippen LogP contribution in [-0.2, 0) is 14.3 Å². The number of hydrogen-bond acceptors (Lipinski definition) is 4. The first-order valence-corrected chi connectivity index (χ1v) is 9.87. The number of halogens is 1. The Balaban J connectivity index is 1.52. The molecule has 2 heterocycles. The van der Waals surface area contributed by atoms with Crippen LogP contribution in [0.25, 0.3) is 10.8 Å². The van der Waals surface area contributed by atoms with E-state index in [2.05, 4.69) is 23.3 Å². The van der Waals surface area contributed by atoms with Crippen LogP contribution < -0.4 is 5.32 Å². The van der Waals surface area contributed by atoms with Crippen LogP contribution in [0.5, 0.6) is 0 Å². The number of ether oxygens (including phenoxy) is 2. The fourth-order valence-corrected chi connectivity index (χ4v) is 4.59. The number of methoxy groups -OCH3 is 1. The zero-order chi connectivity index (χ0) is 19.0.